The lowest BCUT2D eigenvalue weighted by atomic mass is 9.78. The topological polar surface area (TPSA) is 35.2 Å². The van der Waals surface area contributed by atoms with Gasteiger partial charge in [-0.2, -0.15) is 31.6 Å². The van der Waals surface area contributed by atoms with Gasteiger partial charge < -0.3 is 14.4 Å². The van der Waals surface area contributed by atoms with E-state index >= 15 is 26.3 Å². The van der Waals surface area contributed by atoms with E-state index in [-0.39, 0.29) is 22.3 Å². The van der Waals surface area contributed by atoms with Gasteiger partial charge in [0.15, 0.2) is 0 Å². The van der Waals surface area contributed by atoms with E-state index in [1.54, 1.807) is 4.57 Å². The van der Waals surface area contributed by atoms with Crippen molar-refractivity contribution in [2.24, 2.45) is 0 Å². The molecule has 0 radical (unpaired) electrons. The molecule has 0 amide bonds. The van der Waals surface area contributed by atoms with Gasteiger partial charge in [0.25, 0.3) is 0 Å². The molecule has 0 bridgehead atoms. The van der Waals surface area contributed by atoms with Crippen LogP contribution in [0.5, 0.6) is 0 Å². The molecule has 0 atom stereocenters. The Bertz CT molecular complexity index is 3870. The first-order chi connectivity index (χ1) is 38.5. The quantitative estimate of drug-likeness (QED) is 0.121. The molecule has 11 aromatic carbocycles. The molecule has 0 aliphatic heterocycles. The normalized spacial score (nSPS) is 11.7. The predicted octanol–water partition coefficient (Wildman–Crippen LogP) is 20.3. The number of halogens is 6. The molecule has 0 fully saturated rings. The van der Waals surface area contributed by atoms with Gasteiger partial charge in [-0.3, -0.25) is 0 Å². The van der Waals surface area contributed by atoms with E-state index in [0.717, 1.165) is 47.0 Å². The van der Waals surface area contributed by atoms with Gasteiger partial charge in [0.1, 0.15) is 6.07 Å². The van der Waals surface area contributed by atoms with Crippen LogP contribution in [0.4, 0.5) is 60.5 Å². The van der Waals surface area contributed by atoms with Crippen molar-refractivity contribution in [2.45, 2.75) is 12.4 Å². The molecule has 12 rings (SSSR count). The third-order valence-corrected chi connectivity index (χ3v) is 14.2. The zero-order chi connectivity index (χ0) is 54.3. The van der Waals surface area contributed by atoms with Crippen molar-refractivity contribution in [1.29, 1.82) is 5.26 Å². The Morgan fingerprint density at radius 3 is 0.962 bits per heavy atom. The van der Waals surface area contributed by atoms with Gasteiger partial charge in [-0.15, -0.1) is 0 Å². The van der Waals surface area contributed by atoms with Crippen molar-refractivity contribution >= 4 is 55.9 Å². The minimum atomic E-state index is -4.84. The zero-order valence-corrected chi connectivity index (χ0v) is 42.0. The molecule has 0 saturated heterocycles. The van der Waals surface area contributed by atoms with Crippen molar-refractivity contribution in [3.05, 3.63) is 284 Å². The monoisotopic (exact) mass is 1040 g/mol. The SMILES string of the molecule is N#Cc1c(-c2ccccc2N(c2ccccc2)c2ccccc2)c(-c2ccccc2)c(-n2c3cc(C(F)(F)F)ccc3c3ccc(C(F)(F)F)cc32)c(-c2ccccc2)c1-c1ccccc1N(c1ccccc1)c1ccccc1. The Morgan fingerprint density at radius 1 is 0.342 bits per heavy atom. The highest BCUT2D eigenvalue weighted by Gasteiger charge is 2.37. The number of hydrogen-bond acceptors (Lipinski definition) is 3. The van der Waals surface area contributed by atoms with Crippen LogP contribution in [-0.2, 0) is 12.4 Å². The van der Waals surface area contributed by atoms with Crippen LogP contribution >= 0.6 is 0 Å². The summed E-state index contributed by atoms with van der Waals surface area (Å²) in [6.45, 7) is 0. The Morgan fingerprint density at radius 2 is 0.646 bits per heavy atom. The van der Waals surface area contributed by atoms with Crippen LogP contribution in [0.15, 0.2) is 267 Å². The number of rotatable bonds is 11. The van der Waals surface area contributed by atoms with E-state index in [9.17, 15) is 5.26 Å². The summed E-state index contributed by atoms with van der Waals surface area (Å²) in [6, 6.07) is 82.2. The smallest absolute Gasteiger partial charge is 0.310 e. The Hall–Kier alpha value is -10.1. The summed E-state index contributed by atoms with van der Waals surface area (Å²) in [5.74, 6) is 0. The number of nitrogens with zero attached hydrogens (tertiary/aromatic N) is 4. The highest BCUT2D eigenvalue weighted by molar-refractivity contribution is 6.15. The average molecular weight is 1040 g/mol. The first kappa shape index (κ1) is 49.7. The molecule has 0 aliphatic rings. The van der Waals surface area contributed by atoms with Crippen LogP contribution in [0.1, 0.15) is 16.7 Å². The minimum Gasteiger partial charge on any atom is -0.310 e. The standard InChI is InChI=1S/C69H44F6N4/c70-68(71,72)48-39-41-54-55-42-40-49(69(73,74)75)44-62(55)79(61(54)43-48)67-63(46-23-7-1-8-24-46)65(56-35-19-21-37-59(56)77(50-27-11-3-12-28-50)51-29-13-4-14-30-51)58(45-76)66(64(67)47-25-9-2-10-26-47)57-36-20-22-38-60(57)78(52-31-15-5-16-32-52)53-33-17-6-18-34-53/h1-44H. The van der Waals surface area contributed by atoms with Crippen LogP contribution in [0.2, 0.25) is 0 Å². The fourth-order valence-corrected chi connectivity index (χ4v) is 10.9. The highest BCUT2D eigenvalue weighted by Crippen LogP contribution is 2.56. The molecule has 10 heteroatoms. The lowest BCUT2D eigenvalue weighted by Crippen LogP contribution is -2.14. The Labute approximate surface area is 452 Å². The molecule has 0 N–H and O–H groups in total. The van der Waals surface area contributed by atoms with E-state index < -0.39 is 23.5 Å². The maximum atomic E-state index is 15.3. The summed E-state index contributed by atoms with van der Waals surface area (Å²) in [6.07, 6.45) is -9.68. The van der Waals surface area contributed by atoms with Crippen molar-refractivity contribution in [1.82, 2.24) is 4.57 Å². The Kier molecular flexibility index (Phi) is 12.9. The summed E-state index contributed by atoms with van der Waals surface area (Å²) in [5.41, 5.74) is 6.69. The van der Waals surface area contributed by atoms with E-state index in [1.165, 1.54) is 12.1 Å². The van der Waals surface area contributed by atoms with Gasteiger partial charge in [-0.25, -0.2) is 0 Å². The number of fused-ring (bicyclic) bond motifs is 3. The number of para-hydroxylation sites is 6. The van der Waals surface area contributed by atoms with Gasteiger partial charge in [0.05, 0.1) is 44.8 Å². The number of nitriles is 1. The van der Waals surface area contributed by atoms with Gasteiger partial charge >= 0.3 is 12.4 Å². The fourth-order valence-electron chi connectivity index (χ4n) is 10.9. The fraction of sp³-hybridized carbons (Fsp3) is 0.0290. The lowest BCUT2D eigenvalue weighted by molar-refractivity contribution is -0.138. The second-order valence-corrected chi connectivity index (χ2v) is 18.9. The number of hydrogen-bond donors (Lipinski definition) is 0. The second kappa shape index (κ2) is 20.4. The molecular formula is C69H44F6N4. The molecule has 4 nitrogen and oxygen atoms in total. The molecular weight excluding hydrogens is 999 g/mol. The summed E-state index contributed by atoms with van der Waals surface area (Å²) in [7, 11) is 0. The predicted molar refractivity (Wildman–Crippen MR) is 307 cm³/mol. The molecule has 0 spiro atoms. The third-order valence-electron chi connectivity index (χ3n) is 14.2. The first-order valence-electron chi connectivity index (χ1n) is 25.5. The highest BCUT2D eigenvalue weighted by atomic mass is 19.4. The minimum absolute atomic E-state index is 0.00656. The summed E-state index contributed by atoms with van der Waals surface area (Å²) in [4.78, 5) is 4.17. The molecule has 79 heavy (non-hydrogen) atoms. The van der Waals surface area contributed by atoms with Crippen LogP contribution in [-0.4, -0.2) is 4.57 Å². The van der Waals surface area contributed by atoms with E-state index in [2.05, 4.69) is 15.9 Å². The average Bonchev–Trinajstić information content (AvgIpc) is 4.06. The molecule has 0 unspecified atom stereocenters. The first-order valence-corrected chi connectivity index (χ1v) is 25.5. The van der Waals surface area contributed by atoms with Crippen LogP contribution in [0, 0.1) is 11.3 Å². The van der Waals surface area contributed by atoms with Crippen molar-refractivity contribution < 1.29 is 26.3 Å². The lowest BCUT2D eigenvalue weighted by Gasteiger charge is -2.32. The number of anilines is 6. The molecule has 12 aromatic rings. The van der Waals surface area contributed by atoms with Gasteiger partial charge in [-0.1, -0.05) is 182 Å². The summed E-state index contributed by atoms with van der Waals surface area (Å²) < 4.78 is 93.3. The molecule has 1 aromatic heterocycles. The number of benzene rings is 11. The maximum absolute atomic E-state index is 15.3. The van der Waals surface area contributed by atoms with Crippen molar-refractivity contribution in [2.75, 3.05) is 9.80 Å². The van der Waals surface area contributed by atoms with Gasteiger partial charge in [0.2, 0.25) is 0 Å². The second-order valence-electron chi connectivity index (χ2n) is 18.9. The maximum Gasteiger partial charge on any atom is 0.416 e. The van der Waals surface area contributed by atoms with E-state index in [4.69, 9.17) is 0 Å². The number of aromatic nitrogens is 1. The Balaban J connectivity index is 1.37. The van der Waals surface area contributed by atoms with E-state index in [1.807, 2.05) is 231 Å². The molecule has 1 heterocycles. The third kappa shape index (κ3) is 9.11. The van der Waals surface area contributed by atoms with Gasteiger partial charge in [0, 0.05) is 66.9 Å². The summed E-state index contributed by atoms with van der Waals surface area (Å²) in [5, 5.41) is 13.1. The number of alkyl halides is 6. The van der Waals surface area contributed by atoms with Crippen LogP contribution in [0.25, 0.3) is 72.0 Å². The van der Waals surface area contributed by atoms with Crippen molar-refractivity contribution in [3.8, 4) is 56.3 Å². The zero-order valence-electron chi connectivity index (χ0n) is 42.0. The van der Waals surface area contributed by atoms with Crippen LogP contribution in [0.3, 0.4) is 0 Å². The molecule has 0 saturated carbocycles. The summed E-state index contributed by atoms with van der Waals surface area (Å²) >= 11 is 0. The van der Waals surface area contributed by atoms with E-state index in [0.29, 0.717) is 66.7 Å². The largest absolute Gasteiger partial charge is 0.416 e. The molecule has 382 valence electrons. The molecule has 0 aliphatic carbocycles. The van der Waals surface area contributed by atoms with Crippen molar-refractivity contribution in [3.63, 3.8) is 0 Å². The van der Waals surface area contributed by atoms with Gasteiger partial charge in [-0.05, 0) is 96.1 Å². The van der Waals surface area contributed by atoms with Crippen LogP contribution < -0.4 is 9.80 Å².